The SMILES string of the molecule is COc1cc(N(C)C(=O)CC2COCCN2)cc(OC)c1OC. The van der Waals surface area contributed by atoms with Crippen LogP contribution >= 0.6 is 0 Å². The lowest BCUT2D eigenvalue weighted by molar-refractivity contribution is -0.119. The lowest BCUT2D eigenvalue weighted by atomic mass is 10.1. The van der Waals surface area contributed by atoms with E-state index in [1.807, 2.05) is 0 Å². The molecule has 2 rings (SSSR count). The third-order valence-corrected chi connectivity index (χ3v) is 3.83. The fourth-order valence-corrected chi connectivity index (χ4v) is 2.50. The van der Waals surface area contributed by atoms with Gasteiger partial charge >= 0.3 is 0 Å². The minimum Gasteiger partial charge on any atom is -0.493 e. The molecule has 0 saturated carbocycles. The van der Waals surface area contributed by atoms with E-state index < -0.39 is 0 Å². The van der Waals surface area contributed by atoms with Gasteiger partial charge in [0.05, 0.1) is 40.2 Å². The minimum absolute atomic E-state index is 0.0118. The van der Waals surface area contributed by atoms with Gasteiger partial charge in [-0.15, -0.1) is 0 Å². The molecule has 1 saturated heterocycles. The van der Waals surface area contributed by atoms with E-state index in [9.17, 15) is 4.79 Å². The Morgan fingerprint density at radius 2 is 1.91 bits per heavy atom. The summed E-state index contributed by atoms with van der Waals surface area (Å²) >= 11 is 0. The van der Waals surface area contributed by atoms with Crippen LogP contribution < -0.4 is 24.4 Å². The van der Waals surface area contributed by atoms with Gasteiger partial charge in [0.15, 0.2) is 11.5 Å². The Labute approximate surface area is 136 Å². The second-order valence-electron chi connectivity index (χ2n) is 5.27. The zero-order valence-electron chi connectivity index (χ0n) is 14.0. The maximum absolute atomic E-state index is 12.5. The molecular weight excluding hydrogens is 300 g/mol. The van der Waals surface area contributed by atoms with Gasteiger partial charge in [0.2, 0.25) is 11.7 Å². The third kappa shape index (κ3) is 4.05. The number of hydrogen-bond acceptors (Lipinski definition) is 6. The average Bonchev–Trinajstić information content (AvgIpc) is 2.60. The highest BCUT2D eigenvalue weighted by Crippen LogP contribution is 2.40. The molecular formula is C16H24N2O5. The van der Waals surface area contributed by atoms with E-state index in [4.69, 9.17) is 18.9 Å². The van der Waals surface area contributed by atoms with Gasteiger partial charge in [0.25, 0.3) is 0 Å². The number of amides is 1. The monoisotopic (exact) mass is 324 g/mol. The van der Waals surface area contributed by atoms with Crippen molar-refractivity contribution in [2.45, 2.75) is 12.5 Å². The summed E-state index contributed by atoms with van der Waals surface area (Å²) in [5, 5.41) is 3.28. The fraction of sp³-hybridized carbons (Fsp3) is 0.562. The number of hydrogen-bond donors (Lipinski definition) is 1. The molecule has 1 amide bonds. The van der Waals surface area contributed by atoms with E-state index >= 15 is 0 Å². The Balaban J connectivity index is 2.17. The van der Waals surface area contributed by atoms with E-state index in [2.05, 4.69) is 5.32 Å². The average molecular weight is 324 g/mol. The molecule has 0 aromatic heterocycles. The molecule has 1 unspecified atom stereocenters. The molecule has 1 fully saturated rings. The van der Waals surface area contributed by atoms with Gasteiger partial charge in [-0.25, -0.2) is 0 Å². The van der Waals surface area contributed by atoms with Crippen LogP contribution in [0.15, 0.2) is 12.1 Å². The van der Waals surface area contributed by atoms with Crippen LogP contribution in [0.4, 0.5) is 5.69 Å². The van der Waals surface area contributed by atoms with Crippen molar-refractivity contribution in [3.05, 3.63) is 12.1 Å². The van der Waals surface area contributed by atoms with E-state index in [1.165, 1.54) is 0 Å². The first-order valence-corrected chi connectivity index (χ1v) is 7.48. The van der Waals surface area contributed by atoms with Crippen molar-refractivity contribution in [1.82, 2.24) is 5.32 Å². The Morgan fingerprint density at radius 1 is 1.26 bits per heavy atom. The maximum atomic E-state index is 12.5. The van der Waals surface area contributed by atoms with Crippen molar-refractivity contribution in [2.24, 2.45) is 0 Å². The summed E-state index contributed by atoms with van der Waals surface area (Å²) in [6.07, 6.45) is 0.368. The molecule has 0 spiro atoms. The largest absolute Gasteiger partial charge is 0.493 e. The van der Waals surface area contributed by atoms with Gasteiger partial charge in [-0.3, -0.25) is 4.79 Å². The molecule has 23 heavy (non-hydrogen) atoms. The normalized spacial score (nSPS) is 17.5. The summed E-state index contributed by atoms with van der Waals surface area (Å²) in [4.78, 5) is 14.1. The number of carbonyl (C=O) groups excluding carboxylic acids is 1. The Hall–Kier alpha value is -1.99. The minimum atomic E-state index is -0.0118. The number of nitrogens with one attached hydrogen (secondary N) is 1. The number of morpholine rings is 1. The van der Waals surface area contributed by atoms with Crippen LogP contribution in [0.2, 0.25) is 0 Å². The van der Waals surface area contributed by atoms with Gasteiger partial charge < -0.3 is 29.2 Å². The smallest absolute Gasteiger partial charge is 0.228 e. The van der Waals surface area contributed by atoms with Crippen molar-refractivity contribution in [3.8, 4) is 17.2 Å². The maximum Gasteiger partial charge on any atom is 0.228 e. The number of ether oxygens (including phenoxy) is 4. The molecule has 1 aromatic rings. The van der Waals surface area contributed by atoms with E-state index in [0.29, 0.717) is 42.6 Å². The highest BCUT2D eigenvalue weighted by Gasteiger charge is 2.22. The number of anilines is 1. The quantitative estimate of drug-likeness (QED) is 0.844. The van der Waals surface area contributed by atoms with E-state index in [0.717, 1.165) is 6.54 Å². The number of nitrogens with zero attached hydrogens (tertiary/aromatic N) is 1. The second-order valence-corrected chi connectivity index (χ2v) is 5.27. The zero-order valence-corrected chi connectivity index (χ0v) is 14.0. The predicted molar refractivity (Wildman–Crippen MR) is 86.7 cm³/mol. The number of methoxy groups -OCH3 is 3. The summed E-state index contributed by atoms with van der Waals surface area (Å²) < 4.78 is 21.3. The fourth-order valence-electron chi connectivity index (χ4n) is 2.50. The molecule has 1 aromatic carbocycles. The summed E-state index contributed by atoms with van der Waals surface area (Å²) in [6, 6.07) is 3.55. The number of benzene rings is 1. The van der Waals surface area contributed by atoms with Gasteiger partial charge in [-0.05, 0) is 0 Å². The van der Waals surface area contributed by atoms with Crippen LogP contribution in [0.3, 0.4) is 0 Å². The molecule has 1 aliphatic heterocycles. The zero-order chi connectivity index (χ0) is 16.8. The summed E-state index contributed by atoms with van der Waals surface area (Å²) in [5.74, 6) is 1.52. The third-order valence-electron chi connectivity index (χ3n) is 3.83. The topological polar surface area (TPSA) is 69.3 Å². The summed E-state index contributed by atoms with van der Waals surface area (Å²) in [6.45, 7) is 2.01. The lowest BCUT2D eigenvalue weighted by Gasteiger charge is -2.26. The van der Waals surface area contributed by atoms with Crippen LogP contribution in [0.5, 0.6) is 17.2 Å². The molecule has 0 aliphatic carbocycles. The first-order valence-electron chi connectivity index (χ1n) is 7.48. The van der Waals surface area contributed by atoms with Crippen LogP contribution in [0, 0.1) is 0 Å². The summed E-state index contributed by atoms with van der Waals surface area (Å²) in [5.41, 5.74) is 0.682. The first kappa shape index (κ1) is 17.4. The standard InChI is InChI=1S/C16H24N2O5/c1-18(15(19)7-11-10-23-6-5-17-11)12-8-13(20-2)16(22-4)14(9-12)21-3/h8-9,11,17H,5-7,10H2,1-4H3. The van der Waals surface area contributed by atoms with Gasteiger partial charge in [0, 0.05) is 38.2 Å². The van der Waals surface area contributed by atoms with Crippen molar-refractivity contribution >= 4 is 11.6 Å². The molecule has 0 radical (unpaired) electrons. The number of carbonyl (C=O) groups is 1. The molecule has 0 bridgehead atoms. The van der Waals surface area contributed by atoms with Gasteiger partial charge in [-0.2, -0.15) is 0 Å². The van der Waals surface area contributed by atoms with Crippen molar-refractivity contribution in [1.29, 1.82) is 0 Å². The van der Waals surface area contributed by atoms with Crippen LogP contribution in [0.1, 0.15) is 6.42 Å². The van der Waals surface area contributed by atoms with Gasteiger partial charge in [-0.1, -0.05) is 0 Å². The van der Waals surface area contributed by atoms with Crippen molar-refractivity contribution in [3.63, 3.8) is 0 Å². The molecule has 7 heteroatoms. The summed E-state index contributed by atoms with van der Waals surface area (Å²) in [7, 11) is 6.37. The van der Waals surface area contributed by atoms with Crippen LogP contribution in [0.25, 0.3) is 0 Å². The van der Waals surface area contributed by atoms with Gasteiger partial charge in [0.1, 0.15) is 0 Å². The Kier molecular flexibility index (Phi) is 6.06. The Morgan fingerprint density at radius 3 is 2.39 bits per heavy atom. The molecule has 1 N–H and O–H groups in total. The molecule has 7 nitrogen and oxygen atoms in total. The predicted octanol–water partition coefficient (Wildman–Crippen LogP) is 1.05. The molecule has 1 atom stereocenters. The van der Waals surface area contributed by atoms with Crippen LogP contribution in [-0.4, -0.2) is 60.1 Å². The van der Waals surface area contributed by atoms with Crippen molar-refractivity contribution < 1.29 is 23.7 Å². The lowest BCUT2D eigenvalue weighted by Crippen LogP contribution is -2.44. The second kappa shape index (κ2) is 8.03. The van der Waals surface area contributed by atoms with Crippen molar-refractivity contribution in [2.75, 3.05) is 53.0 Å². The highest BCUT2D eigenvalue weighted by atomic mass is 16.5. The Bertz CT molecular complexity index is 518. The molecule has 128 valence electrons. The highest BCUT2D eigenvalue weighted by molar-refractivity contribution is 5.94. The van der Waals surface area contributed by atoms with E-state index in [-0.39, 0.29) is 11.9 Å². The van der Waals surface area contributed by atoms with Crippen LogP contribution in [-0.2, 0) is 9.53 Å². The molecule has 1 aliphatic rings. The van der Waals surface area contributed by atoms with E-state index in [1.54, 1.807) is 45.4 Å². The molecule has 1 heterocycles. The number of rotatable bonds is 6. The first-order chi connectivity index (χ1) is 11.1.